The van der Waals surface area contributed by atoms with Crippen molar-refractivity contribution in [2.45, 2.75) is 13.3 Å². The van der Waals surface area contributed by atoms with Gasteiger partial charge < -0.3 is 10.1 Å². The van der Waals surface area contributed by atoms with E-state index in [1.165, 1.54) is 13.2 Å². The molecule has 0 radical (unpaired) electrons. The Kier molecular flexibility index (Phi) is 6.50. The Hall–Kier alpha value is -2.25. The molecule has 0 aliphatic rings. The van der Waals surface area contributed by atoms with Crippen LogP contribution in [0.2, 0.25) is 5.02 Å². The number of carbonyl (C=O) groups is 1. The van der Waals surface area contributed by atoms with Gasteiger partial charge >= 0.3 is 0 Å². The molecule has 0 saturated carbocycles. The first kappa shape index (κ1) is 20.1. The third-order valence-electron chi connectivity index (χ3n) is 3.77. The van der Waals surface area contributed by atoms with Crippen molar-refractivity contribution in [3.63, 3.8) is 0 Å². The van der Waals surface area contributed by atoms with Gasteiger partial charge in [0.15, 0.2) is 0 Å². The molecule has 0 aromatic heterocycles. The molecule has 0 heterocycles. The fourth-order valence-corrected chi connectivity index (χ4v) is 3.54. The first-order valence-corrected chi connectivity index (χ1v) is 10.1. The number of hydrogen-bond acceptors (Lipinski definition) is 4. The van der Waals surface area contributed by atoms with E-state index in [1.807, 2.05) is 25.1 Å². The molecule has 140 valence electrons. The molecule has 0 fully saturated rings. The van der Waals surface area contributed by atoms with Crippen molar-refractivity contribution in [2.75, 3.05) is 29.5 Å². The predicted octanol–water partition coefficient (Wildman–Crippen LogP) is 3.45. The van der Waals surface area contributed by atoms with Crippen LogP contribution in [0.1, 0.15) is 12.0 Å². The van der Waals surface area contributed by atoms with Gasteiger partial charge in [0.2, 0.25) is 15.9 Å². The molecule has 2 rings (SSSR count). The minimum Gasteiger partial charge on any atom is -0.495 e. The Bertz CT molecular complexity index is 900. The highest BCUT2D eigenvalue weighted by atomic mass is 35.5. The molecule has 1 N–H and O–H groups in total. The van der Waals surface area contributed by atoms with Gasteiger partial charge in [-0.2, -0.15) is 0 Å². The zero-order valence-corrected chi connectivity index (χ0v) is 16.4. The lowest BCUT2D eigenvalue weighted by Crippen LogP contribution is -2.33. The average molecular weight is 397 g/mol. The number of amides is 1. The van der Waals surface area contributed by atoms with Crippen LogP contribution in [0.5, 0.6) is 5.75 Å². The first-order chi connectivity index (χ1) is 12.2. The standard InChI is InChI=1S/C18H21ClN2O4S/c1-13-6-4-5-7-15(13)20-18(22)10-11-21(26(3,23)24)16-12-14(19)8-9-17(16)25-2/h4-9,12H,10-11H2,1-3H3,(H,20,22). The summed E-state index contributed by atoms with van der Waals surface area (Å²) in [6.45, 7) is 1.85. The van der Waals surface area contributed by atoms with Crippen molar-refractivity contribution in [1.82, 2.24) is 0 Å². The molecule has 6 nitrogen and oxygen atoms in total. The molecular formula is C18H21ClN2O4S. The lowest BCUT2D eigenvalue weighted by molar-refractivity contribution is -0.116. The summed E-state index contributed by atoms with van der Waals surface area (Å²) in [5, 5.41) is 3.16. The molecule has 26 heavy (non-hydrogen) atoms. The van der Waals surface area contributed by atoms with E-state index in [-0.39, 0.29) is 18.9 Å². The van der Waals surface area contributed by atoms with Crippen LogP contribution in [0.3, 0.4) is 0 Å². The van der Waals surface area contributed by atoms with E-state index in [2.05, 4.69) is 5.32 Å². The van der Waals surface area contributed by atoms with Gasteiger partial charge in [0.05, 0.1) is 19.1 Å². The largest absolute Gasteiger partial charge is 0.495 e. The zero-order chi connectivity index (χ0) is 19.3. The van der Waals surface area contributed by atoms with Crippen molar-refractivity contribution >= 4 is 38.9 Å². The molecule has 8 heteroatoms. The summed E-state index contributed by atoms with van der Waals surface area (Å²) >= 11 is 6.00. The van der Waals surface area contributed by atoms with Gasteiger partial charge in [-0.15, -0.1) is 0 Å². The number of hydrogen-bond donors (Lipinski definition) is 1. The topological polar surface area (TPSA) is 75.7 Å². The van der Waals surface area contributed by atoms with Gasteiger partial charge in [-0.25, -0.2) is 8.42 Å². The number of sulfonamides is 1. The number of para-hydroxylation sites is 1. The smallest absolute Gasteiger partial charge is 0.232 e. The van der Waals surface area contributed by atoms with Gasteiger partial charge in [-0.3, -0.25) is 9.10 Å². The van der Waals surface area contributed by atoms with Gasteiger partial charge in [0, 0.05) is 23.7 Å². The van der Waals surface area contributed by atoms with Crippen LogP contribution in [0.25, 0.3) is 0 Å². The molecule has 0 atom stereocenters. The molecule has 2 aromatic carbocycles. The molecule has 1 amide bonds. The van der Waals surface area contributed by atoms with Crippen LogP contribution in [-0.2, 0) is 14.8 Å². The number of halogens is 1. The molecule has 0 aliphatic carbocycles. The maximum absolute atomic E-state index is 12.3. The van der Waals surface area contributed by atoms with Crippen LogP contribution in [-0.4, -0.2) is 34.2 Å². The number of methoxy groups -OCH3 is 1. The van der Waals surface area contributed by atoms with E-state index >= 15 is 0 Å². The number of benzene rings is 2. The summed E-state index contributed by atoms with van der Waals surface area (Å²) in [6.07, 6.45) is 1.06. The van der Waals surface area contributed by atoms with Gasteiger partial charge in [0.25, 0.3) is 0 Å². The SMILES string of the molecule is COc1ccc(Cl)cc1N(CCC(=O)Nc1ccccc1C)S(C)(=O)=O. The van der Waals surface area contributed by atoms with Crippen molar-refractivity contribution in [3.8, 4) is 5.75 Å². The highest BCUT2D eigenvalue weighted by Gasteiger charge is 2.22. The van der Waals surface area contributed by atoms with Gasteiger partial charge in [0.1, 0.15) is 5.75 Å². The van der Waals surface area contributed by atoms with E-state index in [4.69, 9.17) is 16.3 Å². The van der Waals surface area contributed by atoms with Crippen LogP contribution >= 0.6 is 11.6 Å². The average Bonchev–Trinajstić information content (AvgIpc) is 2.56. The highest BCUT2D eigenvalue weighted by Crippen LogP contribution is 2.32. The lowest BCUT2D eigenvalue weighted by atomic mass is 10.2. The Morgan fingerprint density at radius 2 is 1.92 bits per heavy atom. The summed E-state index contributed by atoms with van der Waals surface area (Å²) in [7, 11) is -2.19. The number of rotatable bonds is 7. The van der Waals surface area contributed by atoms with Crippen molar-refractivity contribution < 1.29 is 17.9 Å². The number of ether oxygens (including phenoxy) is 1. The van der Waals surface area contributed by atoms with E-state index in [1.54, 1.807) is 18.2 Å². The Morgan fingerprint density at radius 1 is 1.23 bits per heavy atom. The maximum Gasteiger partial charge on any atom is 0.232 e. The first-order valence-electron chi connectivity index (χ1n) is 7.89. The second-order valence-electron chi connectivity index (χ2n) is 5.76. The normalized spacial score (nSPS) is 11.1. The van der Waals surface area contributed by atoms with Crippen molar-refractivity contribution in [1.29, 1.82) is 0 Å². The molecule has 0 spiro atoms. The second kappa shape index (κ2) is 8.42. The van der Waals surface area contributed by atoms with E-state index in [9.17, 15) is 13.2 Å². The van der Waals surface area contributed by atoms with E-state index < -0.39 is 10.0 Å². The van der Waals surface area contributed by atoms with Crippen LogP contribution < -0.4 is 14.4 Å². The van der Waals surface area contributed by atoms with Crippen LogP contribution in [0.4, 0.5) is 11.4 Å². The van der Waals surface area contributed by atoms with Gasteiger partial charge in [-0.05, 0) is 36.8 Å². The van der Waals surface area contributed by atoms with E-state index in [0.29, 0.717) is 22.1 Å². The summed E-state index contributed by atoms with van der Waals surface area (Å²) in [5.74, 6) is 0.0769. The number of aryl methyl sites for hydroxylation is 1. The fourth-order valence-electron chi connectivity index (χ4n) is 2.45. The minimum absolute atomic E-state index is 0.0168. The molecular weight excluding hydrogens is 376 g/mol. The van der Waals surface area contributed by atoms with E-state index in [0.717, 1.165) is 16.1 Å². The minimum atomic E-state index is -3.63. The molecule has 0 bridgehead atoms. The third kappa shape index (κ3) is 5.12. The summed E-state index contributed by atoms with van der Waals surface area (Å²) < 4.78 is 30.8. The molecule has 0 unspecified atom stereocenters. The predicted molar refractivity (Wildman–Crippen MR) is 105 cm³/mol. The van der Waals surface area contributed by atoms with Crippen molar-refractivity contribution in [2.24, 2.45) is 0 Å². The zero-order valence-electron chi connectivity index (χ0n) is 14.8. The second-order valence-corrected chi connectivity index (χ2v) is 8.11. The summed E-state index contributed by atoms with van der Waals surface area (Å²) in [4.78, 5) is 12.3. The number of nitrogens with one attached hydrogen (secondary N) is 1. The van der Waals surface area contributed by atoms with Gasteiger partial charge in [-0.1, -0.05) is 29.8 Å². The number of nitrogens with zero attached hydrogens (tertiary/aromatic N) is 1. The lowest BCUT2D eigenvalue weighted by Gasteiger charge is -2.24. The molecule has 0 aliphatic heterocycles. The van der Waals surface area contributed by atoms with Crippen LogP contribution in [0, 0.1) is 6.92 Å². The third-order valence-corrected chi connectivity index (χ3v) is 5.19. The maximum atomic E-state index is 12.3. The highest BCUT2D eigenvalue weighted by molar-refractivity contribution is 7.92. The number of carbonyl (C=O) groups excluding carboxylic acids is 1. The monoisotopic (exact) mass is 396 g/mol. The van der Waals surface area contributed by atoms with Crippen LogP contribution in [0.15, 0.2) is 42.5 Å². The Balaban J connectivity index is 2.19. The fraction of sp³-hybridized carbons (Fsp3) is 0.278. The summed E-state index contributed by atoms with van der Waals surface area (Å²) in [5.41, 5.74) is 1.92. The number of anilines is 2. The van der Waals surface area contributed by atoms with Crippen molar-refractivity contribution in [3.05, 3.63) is 53.1 Å². The quantitative estimate of drug-likeness (QED) is 0.777. The molecule has 2 aromatic rings. The molecule has 0 saturated heterocycles. The Morgan fingerprint density at radius 3 is 2.54 bits per heavy atom. The Labute approximate surface area is 158 Å². The summed E-state index contributed by atoms with van der Waals surface area (Å²) in [6, 6.07) is 12.1.